The Labute approximate surface area is 99.2 Å². The summed E-state index contributed by atoms with van der Waals surface area (Å²) in [6.45, 7) is 3.08. The van der Waals surface area contributed by atoms with Crippen LogP contribution in [0.1, 0.15) is 12.0 Å². The van der Waals surface area contributed by atoms with Gasteiger partial charge in [-0.2, -0.15) is 0 Å². The first-order valence-corrected chi connectivity index (χ1v) is 5.57. The van der Waals surface area contributed by atoms with Crippen LogP contribution in [0.3, 0.4) is 0 Å². The third kappa shape index (κ3) is 2.50. The molecule has 0 amide bonds. The largest absolute Gasteiger partial charge is 0.330 e. The van der Waals surface area contributed by atoms with Crippen molar-refractivity contribution in [1.29, 1.82) is 0 Å². The summed E-state index contributed by atoms with van der Waals surface area (Å²) >= 11 is 0. The Kier molecular flexibility index (Phi) is 3.49. The summed E-state index contributed by atoms with van der Waals surface area (Å²) in [7, 11) is 0. The molecular weight excluding hydrogens is 219 g/mol. The van der Waals surface area contributed by atoms with Crippen molar-refractivity contribution in [3.63, 3.8) is 0 Å². The lowest BCUT2D eigenvalue weighted by Crippen LogP contribution is -2.08. The summed E-state index contributed by atoms with van der Waals surface area (Å²) in [5.41, 5.74) is 7.90. The second kappa shape index (κ2) is 5.05. The lowest BCUT2D eigenvalue weighted by molar-refractivity contribution is 0.569. The van der Waals surface area contributed by atoms with Crippen LogP contribution in [-0.2, 0) is 6.54 Å². The van der Waals surface area contributed by atoms with Crippen molar-refractivity contribution in [3.8, 4) is 11.3 Å². The molecule has 2 aromatic rings. The Morgan fingerprint density at radius 2 is 2.24 bits per heavy atom. The molecule has 0 aliphatic heterocycles. The maximum absolute atomic E-state index is 13.2. The van der Waals surface area contributed by atoms with Gasteiger partial charge < -0.3 is 5.73 Å². The second-order valence-corrected chi connectivity index (χ2v) is 3.95. The number of aryl methyl sites for hydroxylation is 2. The Morgan fingerprint density at radius 1 is 1.41 bits per heavy atom. The van der Waals surface area contributed by atoms with Gasteiger partial charge in [-0.25, -0.2) is 9.07 Å². The van der Waals surface area contributed by atoms with Gasteiger partial charge in [-0.15, -0.1) is 5.10 Å². The van der Waals surface area contributed by atoms with Gasteiger partial charge in [-0.3, -0.25) is 0 Å². The molecule has 0 unspecified atom stereocenters. The fraction of sp³-hybridized carbons (Fsp3) is 0.333. The molecule has 2 rings (SSSR count). The van der Waals surface area contributed by atoms with E-state index < -0.39 is 0 Å². The predicted molar refractivity (Wildman–Crippen MR) is 63.8 cm³/mol. The number of hydrogen-bond acceptors (Lipinski definition) is 3. The van der Waals surface area contributed by atoms with Gasteiger partial charge in [0, 0.05) is 12.1 Å². The van der Waals surface area contributed by atoms with Gasteiger partial charge in [0.2, 0.25) is 0 Å². The fourth-order valence-corrected chi connectivity index (χ4v) is 1.69. The number of rotatable bonds is 4. The predicted octanol–water partition coefficient (Wildman–Crippen LogP) is 1.74. The zero-order valence-corrected chi connectivity index (χ0v) is 9.73. The van der Waals surface area contributed by atoms with E-state index >= 15 is 0 Å². The number of benzene rings is 1. The molecule has 0 saturated carbocycles. The molecule has 17 heavy (non-hydrogen) atoms. The van der Waals surface area contributed by atoms with Crippen molar-refractivity contribution >= 4 is 0 Å². The minimum Gasteiger partial charge on any atom is -0.330 e. The minimum atomic E-state index is -0.199. The Morgan fingerprint density at radius 3 is 2.94 bits per heavy atom. The van der Waals surface area contributed by atoms with Gasteiger partial charge in [-0.05, 0) is 43.7 Å². The highest BCUT2D eigenvalue weighted by molar-refractivity contribution is 5.59. The summed E-state index contributed by atoms with van der Waals surface area (Å²) in [6, 6.07) is 5.00. The van der Waals surface area contributed by atoms with E-state index in [1.807, 2.05) is 0 Å². The number of halogens is 1. The molecule has 0 aliphatic rings. The van der Waals surface area contributed by atoms with E-state index in [2.05, 4.69) is 10.3 Å². The maximum atomic E-state index is 13.2. The van der Waals surface area contributed by atoms with Crippen molar-refractivity contribution in [3.05, 3.63) is 35.8 Å². The van der Waals surface area contributed by atoms with E-state index in [1.54, 1.807) is 29.9 Å². The van der Waals surface area contributed by atoms with E-state index in [4.69, 9.17) is 5.73 Å². The third-order valence-electron chi connectivity index (χ3n) is 2.65. The standard InChI is InChI=1S/C12H15FN4/c1-9-7-10(3-4-11(9)13)12-8-15-16-17(12)6-2-5-14/h3-4,7-8H,2,5-6,14H2,1H3. The van der Waals surface area contributed by atoms with Gasteiger partial charge in [0.1, 0.15) is 5.82 Å². The summed E-state index contributed by atoms with van der Waals surface area (Å²) in [5, 5.41) is 7.88. The summed E-state index contributed by atoms with van der Waals surface area (Å²) in [6.07, 6.45) is 2.53. The third-order valence-corrected chi connectivity index (χ3v) is 2.65. The molecule has 0 atom stereocenters. The van der Waals surface area contributed by atoms with Crippen LogP contribution in [0.25, 0.3) is 11.3 Å². The Balaban J connectivity index is 2.32. The number of nitrogens with two attached hydrogens (primary N) is 1. The molecule has 4 nitrogen and oxygen atoms in total. The number of nitrogens with zero attached hydrogens (tertiary/aromatic N) is 3. The highest BCUT2D eigenvalue weighted by Crippen LogP contribution is 2.20. The zero-order chi connectivity index (χ0) is 12.3. The van der Waals surface area contributed by atoms with Crippen LogP contribution in [0, 0.1) is 12.7 Å². The van der Waals surface area contributed by atoms with Crippen LogP contribution < -0.4 is 5.73 Å². The van der Waals surface area contributed by atoms with E-state index in [1.165, 1.54) is 6.07 Å². The zero-order valence-electron chi connectivity index (χ0n) is 9.73. The number of aromatic nitrogens is 3. The Hall–Kier alpha value is -1.75. The molecule has 1 aromatic carbocycles. The lowest BCUT2D eigenvalue weighted by Gasteiger charge is -2.06. The lowest BCUT2D eigenvalue weighted by atomic mass is 10.1. The monoisotopic (exact) mass is 234 g/mol. The topological polar surface area (TPSA) is 56.7 Å². The normalized spacial score (nSPS) is 10.8. The smallest absolute Gasteiger partial charge is 0.126 e. The SMILES string of the molecule is Cc1cc(-c2cnnn2CCCN)ccc1F. The van der Waals surface area contributed by atoms with Crippen LogP contribution >= 0.6 is 0 Å². The second-order valence-electron chi connectivity index (χ2n) is 3.95. The van der Waals surface area contributed by atoms with E-state index in [-0.39, 0.29) is 5.82 Å². The first-order valence-electron chi connectivity index (χ1n) is 5.57. The molecule has 0 saturated heterocycles. The van der Waals surface area contributed by atoms with E-state index in [0.717, 1.165) is 24.2 Å². The fourth-order valence-electron chi connectivity index (χ4n) is 1.69. The molecule has 0 spiro atoms. The van der Waals surface area contributed by atoms with Gasteiger partial charge in [0.05, 0.1) is 11.9 Å². The van der Waals surface area contributed by atoms with Crippen LogP contribution in [-0.4, -0.2) is 21.5 Å². The van der Waals surface area contributed by atoms with Crippen LogP contribution in [0.5, 0.6) is 0 Å². The molecule has 0 radical (unpaired) electrons. The van der Waals surface area contributed by atoms with Crippen LogP contribution in [0.4, 0.5) is 4.39 Å². The van der Waals surface area contributed by atoms with E-state index in [9.17, 15) is 4.39 Å². The highest BCUT2D eigenvalue weighted by Gasteiger charge is 2.07. The summed E-state index contributed by atoms with van der Waals surface area (Å²) in [5.74, 6) is -0.199. The van der Waals surface area contributed by atoms with Crippen molar-refractivity contribution in [2.45, 2.75) is 19.9 Å². The molecule has 0 bridgehead atoms. The van der Waals surface area contributed by atoms with Crippen LogP contribution in [0.2, 0.25) is 0 Å². The Bertz CT molecular complexity index is 507. The molecule has 1 heterocycles. The van der Waals surface area contributed by atoms with E-state index in [0.29, 0.717) is 12.1 Å². The van der Waals surface area contributed by atoms with Crippen molar-refractivity contribution in [1.82, 2.24) is 15.0 Å². The number of hydrogen-bond donors (Lipinski definition) is 1. The summed E-state index contributed by atoms with van der Waals surface area (Å²) in [4.78, 5) is 0. The molecule has 0 aliphatic carbocycles. The average Bonchev–Trinajstić information content (AvgIpc) is 2.78. The maximum Gasteiger partial charge on any atom is 0.126 e. The van der Waals surface area contributed by atoms with Crippen molar-refractivity contribution < 1.29 is 4.39 Å². The molecular formula is C12H15FN4. The van der Waals surface area contributed by atoms with Crippen LogP contribution in [0.15, 0.2) is 24.4 Å². The minimum absolute atomic E-state index is 0.199. The van der Waals surface area contributed by atoms with Crippen molar-refractivity contribution in [2.24, 2.45) is 5.73 Å². The first kappa shape index (κ1) is 11.7. The van der Waals surface area contributed by atoms with Gasteiger partial charge >= 0.3 is 0 Å². The first-order chi connectivity index (χ1) is 8.22. The molecule has 5 heteroatoms. The molecule has 1 aromatic heterocycles. The average molecular weight is 234 g/mol. The highest BCUT2D eigenvalue weighted by atomic mass is 19.1. The molecule has 90 valence electrons. The molecule has 2 N–H and O–H groups in total. The van der Waals surface area contributed by atoms with Gasteiger partial charge in [0.15, 0.2) is 0 Å². The quantitative estimate of drug-likeness (QED) is 0.876. The summed E-state index contributed by atoms with van der Waals surface area (Å²) < 4.78 is 15.0. The van der Waals surface area contributed by atoms with Gasteiger partial charge in [0.25, 0.3) is 0 Å². The van der Waals surface area contributed by atoms with Crippen molar-refractivity contribution in [2.75, 3.05) is 6.54 Å². The molecule has 0 fully saturated rings. The van der Waals surface area contributed by atoms with Gasteiger partial charge in [-0.1, -0.05) is 5.21 Å².